The SMILES string of the molecule is CC.COC(C)(C)COC1=CCC=C(C)C=C1. The normalized spacial score (nSPS) is 15.2. The summed E-state index contributed by atoms with van der Waals surface area (Å²) in [6, 6.07) is 0. The zero-order valence-corrected chi connectivity index (χ0v) is 12.0. The molecule has 0 unspecified atom stereocenters. The minimum Gasteiger partial charge on any atom is -0.491 e. The molecule has 0 bridgehead atoms. The molecule has 2 heteroatoms. The van der Waals surface area contributed by atoms with E-state index in [0.29, 0.717) is 6.61 Å². The van der Waals surface area contributed by atoms with Crippen molar-refractivity contribution in [1.29, 1.82) is 0 Å². The standard InChI is InChI=1S/C13H20O2.C2H6/c1-11-6-5-7-12(9-8-11)15-10-13(2,3)14-4;1-2/h6-9H,5,10H2,1-4H3;1-2H3. The van der Waals surface area contributed by atoms with Gasteiger partial charge in [-0.2, -0.15) is 0 Å². The Kier molecular flexibility index (Phi) is 7.64. The lowest BCUT2D eigenvalue weighted by atomic mass is 10.1. The molecule has 0 amide bonds. The van der Waals surface area contributed by atoms with Crippen LogP contribution in [0.1, 0.15) is 41.0 Å². The Bertz CT molecular complexity index is 296. The Morgan fingerprint density at radius 3 is 2.41 bits per heavy atom. The van der Waals surface area contributed by atoms with Crippen molar-refractivity contribution in [1.82, 2.24) is 0 Å². The Morgan fingerprint density at radius 1 is 1.18 bits per heavy atom. The fraction of sp³-hybridized carbons (Fsp3) is 0.600. The minimum atomic E-state index is -0.233. The molecule has 0 aromatic rings. The molecule has 0 heterocycles. The van der Waals surface area contributed by atoms with Crippen LogP contribution in [0.5, 0.6) is 0 Å². The quantitative estimate of drug-likeness (QED) is 0.729. The third-order valence-electron chi connectivity index (χ3n) is 2.41. The van der Waals surface area contributed by atoms with Crippen LogP contribution in [0.25, 0.3) is 0 Å². The molecule has 98 valence electrons. The van der Waals surface area contributed by atoms with Crippen LogP contribution in [0.4, 0.5) is 0 Å². The van der Waals surface area contributed by atoms with Gasteiger partial charge < -0.3 is 9.47 Å². The van der Waals surface area contributed by atoms with Gasteiger partial charge in [-0.1, -0.05) is 31.6 Å². The van der Waals surface area contributed by atoms with Crippen molar-refractivity contribution < 1.29 is 9.47 Å². The van der Waals surface area contributed by atoms with E-state index in [-0.39, 0.29) is 5.60 Å². The summed E-state index contributed by atoms with van der Waals surface area (Å²) < 4.78 is 11.0. The maximum atomic E-state index is 5.68. The van der Waals surface area contributed by atoms with Gasteiger partial charge in [0.2, 0.25) is 0 Å². The molecule has 0 aliphatic heterocycles. The lowest BCUT2D eigenvalue weighted by Gasteiger charge is -2.23. The van der Waals surface area contributed by atoms with Gasteiger partial charge in [-0.15, -0.1) is 0 Å². The van der Waals surface area contributed by atoms with Gasteiger partial charge in [-0.3, -0.25) is 0 Å². The molecule has 1 aliphatic carbocycles. The fourth-order valence-electron chi connectivity index (χ4n) is 1.13. The second-order valence-electron chi connectivity index (χ2n) is 4.38. The van der Waals surface area contributed by atoms with Gasteiger partial charge in [0.1, 0.15) is 12.4 Å². The van der Waals surface area contributed by atoms with E-state index in [4.69, 9.17) is 9.47 Å². The second kappa shape index (κ2) is 8.13. The Morgan fingerprint density at radius 2 is 1.82 bits per heavy atom. The first-order chi connectivity index (χ1) is 8.03. The van der Waals surface area contributed by atoms with Crippen LogP contribution < -0.4 is 0 Å². The van der Waals surface area contributed by atoms with Crippen LogP contribution in [-0.4, -0.2) is 19.3 Å². The summed E-state index contributed by atoms with van der Waals surface area (Å²) in [7, 11) is 1.70. The summed E-state index contributed by atoms with van der Waals surface area (Å²) in [5.41, 5.74) is 1.04. The molecular formula is C15H26O2. The highest BCUT2D eigenvalue weighted by Crippen LogP contribution is 2.15. The third kappa shape index (κ3) is 7.01. The van der Waals surface area contributed by atoms with Crippen molar-refractivity contribution in [3.63, 3.8) is 0 Å². The Labute approximate surface area is 106 Å². The van der Waals surface area contributed by atoms with Gasteiger partial charge in [-0.05, 0) is 39.3 Å². The van der Waals surface area contributed by atoms with Crippen molar-refractivity contribution in [2.24, 2.45) is 0 Å². The first kappa shape index (κ1) is 16.0. The summed E-state index contributed by atoms with van der Waals surface area (Å²) in [5.74, 6) is 0.924. The van der Waals surface area contributed by atoms with Crippen molar-refractivity contribution in [3.05, 3.63) is 35.6 Å². The van der Waals surface area contributed by atoms with Crippen LogP contribution in [0.3, 0.4) is 0 Å². The average molecular weight is 238 g/mol. The van der Waals surface area contributed by atoms with Gasteiger partial charge >= 0.3 is 0 Å². The zero-order chi connectivity index (χ0) is 13.3. The molecule has 0 spiro atoms. The molecule has 17 heavy (non-hydrogen) atoms. The number of ether oxygens (including phenoxy) is 2. The van der Waals surface area contributed by atoms with E-state index in [1.165, 1.54) is 5.57 Å². The van der Waals surface area contributed by atoms with Gasteiger partial charge in [0.15, 0.2) is 0 Å². The van der Waals surface area contributed by atoms with E-state index in [1.54, 1.807) is 7.11 Å². The number of hydrogen-bond acceptors (Lipinski definition) is 2. The summed E-state index contributed by atoms with van der Waals surface area (Å²) in [6.45, 7) is 10.7. The first-order valence-electron chi connectivity index (χ1n) is 6.26. The first-order valence-corrected chi connectivity index (χ1v) is 6.26. The van der Waals surface area contributed by atoms with Crippen LogP contribution in [-0.2, 0) is 9.47 Å². The molecule has 1 rings (SSSR count). The van der Waals surface area contributed by atoms with E-state index >= 15 is 0 Å². The molecule has 0 N–H and O–H groups in total. The third-order valence-corrected chi connectivity index (χ3v) is 2.41. The maximum absolute atomic E-state index is 5.68. The van der Waals surface area contributed by atoms with Crippen LogP contribution in [0, 0.1) is 0 Å². The zero-order valence-electron chi connectivity index (χ0n) is 12.0. The summed E-state index contributed by atoms with van der Waals surface area (Å²) >= 11 is 0. The number of methoxy groups -OCH3 is 1. The highest BCUT2D eigenvalue weighted by molar-refractivity contribution is 5.28. The number of hydrogen-bond donors (Lipinski definition) is 0. The van der Waals surface area contributed by atoms with Crippen molar-refractivity contribution in [3.8, 4) is 0 Å². The lowest BCUT2D eigenvalue weighted by Crippen LogP contribution is -2.28. The highest BCUT2D eigenvalue weighted by atomic mass is 16.5. The topological polar surface area (TPSA) is 18.5 Å². The van der Waals surface area contributed by atoms with Crippen molar-refractivity contribution in [2.75, 3.05) is 13.7 Å². The van der Waals surface area contributed by atoms with Crippen molar-refractivity contribution in [2.45, 2.75) is 46.6 Å². The van der Waals surface area contributed by atoms with Gasteiger partial charge in [-0.25, -0.2) is 0 Å². The fourth-order valence-corrected chi connectivity index (χ4v) is 1.13. The summed E-state index contributed by atoms with van der Waals surface area (Å²) in [5, 5.41) is 0. The number of rotatable bonds is 4. The van der Waals surface area contributed by atoms with Crippen LogP contribution in [0.2, 0.25) is 0 Å². The smallest absolute Gasteiger partial charge is 0.117 e. The maximum Gasteiger partial charge on any atom is 0.117 e. The van der Waals surface area contributed by atoms with E-state index in [2.05, 4.69) is 25.2 Å². The molecule has 0 radical (unpaired) electrons. The largest absolute Gasteiger partial charge is 0.491 e. The lowest BCUT2D eigenvalue weighted by molar-refractivity contribution is -0.0313. The predicted molar refractivity (Wildman–Crippen MR) is 74.0 cm³/mol. The average Bonchev–Trinajstić information content (AvgIpc) is 2.54. The molecule has 0 saturated carbocycles. The minimum absolute atomic E-state index is 0.233. The monoisotopic (exact) mass is 238 g/mol. The predicted octanol–water partition coefficient (Wildman–Crippen LogP) is 4.24. The molecule has 1 aliphatic rings. The molecule has 2 nitrogen and oxygen atoms in total. The van der Waals surface area contributed by atoms with E-state index < -0.39 is 0 Å². The molecule has 0 aromatic carbocycles. The Hall–Kier alpha value is -1.02. The van der Waals surface area contributed by atoms with Gasteiger partial charge in [0.05, 0.1) is 5.60 Å². The Balaban J connectivity index is 0.00000121. The van der Waals surface area contributed by atoms with Gasteiger partial charge in [0.25, 0.3) is 0 Å². The van der Waals surface area contributed by atoms with E-state index in [1.807, 2.05) is 33.8 Å². The second-order valence-corrected chi connectivity index (χ2v) is 4.38. The summed E-state index contributed by atoms with van der Waals surface area (Å²) in [4.78, 5) is 0. The van der Waals surface area contributed by atoms with E-state index in [9.17, 15) is 0 Å². The van der Waals surface area contributed by atoms with Crippen LogP contribution in [0.15, 0.2) is 35.6 Å². The number of allylic oxidation sites excluding steroid dienone is 5. The molecular weight excluding hydrogens is 212 g/mol. The summed E-state index contributed by atoms with van der Waals surface area (Å²) in [6.07, 6.45) is 9.26. The van der Waals surface area contributed by atoms with Crippen LogP contribution >= 0.6 is 0 Å². The van der Waals surface area contributed by atoms with Crippen molar-refractivity contribution >= 4 is 0 Å². The highest BCUT2D eigenvalue weighted by Gasteiger charge is 2.17. The molecule has 0 fully saturated rings. The molecule has 0 aromatic heterocycles. The van der Waals surface area contributed by atoms with Gasteiger partial charge in [0, 0.05) is 7.11 Å². The molecule has 0 saturated heterocycles. The van der Waals surface area contributed by atoms with E-state index in [0.717, 1.165) is 12.2 Å². The molecule has 0 atom stereocenters.